The molecule has 358 valence electrons. The highest BCUT2D eigenvalue weighted by molar-refractivity contribution is 6.32. The average molecular weight is 967 g/mol. The fraction of sp³-hybridized carbons (Fsp3) is 0.240. The molecule has 0 heterocycles. The molecule has 0 saturated carbocycles. The molecule has 2 amide bonds. The van der Waals surface area contributed by atoms with E-state index in [-0.39, 0.29) is 76.5 Å². The zero-order valence-corrected chi connectivity index (χ0v) is 37.8. The van der Waals surface area contributed by atoms with Crippen LogP contribution in [0.25, 0.3) is 0 Å². The topological polar surface area (TPSA) is 130 Å². The molecule has 4 N–H and O–H groups in total. The highest BCUT2D eigenvalue weighted by Crippen LogP contribution is 2.48. The molecule has 0 radical (unpaired) electrons. The lowest BCUT2D eigenvalue weighted by atomic mass is 9.66. The van der Waals surface area contributed by atoms with Crippen LogP contribution in [0.5, 0.6) is 23.0 Å². The maximum atomic E-state index is 16.3. The van der Waals surface area contributed by atoms with Gasteiger partial charge in [0.1, 0.15) is 17.2 Å². The van der Waals surface area contributed by atoms with Gasteiger partial charge in [0, 0.05) is 41.7 Å². The summed E-state index contributed by atoms with van der Waals surface area (Å²) in [5, 5.41) is 0.0491. The number of benzene rings is 6. The van der Waals surface area contributed by atoms with Crippen molar-refractivity contribution in [2.45, 2.75) is 36.3 Å². The summed E-state index contributed by atoms with van der Waals surface area (Å²) < 4.78 is 119. The summed E-state index contributed by atoms with van der Waals surface area (Å²) in [6, 6.07) is 28.5. The number of carbonyl (C=O) groups excluding carboxylic acids is 2. The molecule has 0 saturated heterocycles. The summed E-state index contributed by atoms with van der Waals surface area (Å²) in [6.45, 7) is -0.662. The summed E-state index contributed by atoms with van der Waals surface area (Å²) in [6.07, 6.45) is -9.44. The molecule has 10 nitrogen and oxygen atoms in total. The monoisotopic (exact) mass is 966 g/mol. The Bertz CT molecular complexity index is 2550. The van der Waals surface area contributed by atoms with Gasteiger partial charge in [0.2, 0.25) is 0 Å². The van der Waals surface area contributed by atoms with Gasteiger partial charge in [0.15, 0.2) is 22.6 Å². The SMILES string of the molecule is COc1ccc(N(CCc2ccc(C(F)(F)F)cc2)C(=O)C(N)(c2ccccc2OC)C(N)(C(=O)N(CCc2ccc(C(F)(F)F)cc2)c2ccc(OC)c(Cl)c2)c2ccccc2OC)cc1F. The van der Waals surface area contributed by atoms with Gasteiger partial charge in [-0.15, -0.1) is 0 Å². The Hall–Kier alpha value is -6.82. The van der Waals surface area contributed by atoms with Gasteiger partial charge in [-0.05, 0) is 90.7 Å². The van der Waals surface area contributed by atoms with Gasteiger partial charge in [-0.1, -0.05) is 72.3 Å². The van der Waals surface area contributed by atoms with E-state index in [0.717, 1.165) is 35.2 Å². The van der Waals surface area contributed by atoms with Crippen molar-refractivity contribution in [3.63, 3.8) is 0 Å². The minimum absolute atomic E-state index is 0.0110. The molecule has 0 bridgehead atoms. The molecule has 68 heavy (non-hydrogen) atoms. The molecular weight excluding hydrogens is 921 g/mol. The summed E-state index contributed by atoms with van der Waals surface area (Å²) in [4.78, 5) is 34.8. The first-order chi connectivity index (χ1) is 32.2. The fourth-order valence-corrected chi connectivity index (χ4v) is 8.16. The third kappa shape index (κ3) is 10.2. The van der Waals surface area contributed by atoms with Crippen molar-refractivity contribution in [2.24, 2.45) is 11.5 Å². The van der Waals surface area contributed by atoms with Gasteiger partial charge in [-0.25, -0.2) is 4.39 Å². The lowest BCUT2D eigenvalue weighted by molar-refractivity contribution is -0.138. The Labute approximate surface area is 392 Å². The number of nitrogens with zero attached hydrogens (tertiary/aromatic N) is 2. The fourth-order valence-electron chi connectivity index (χ4n) is 7.90. The Balaban J connectivity index is 1.63. The summed E-state index contributed by atoms with van der Waals surface area (Å²) >= 11 is 6.65. The van der Waals surface area contributed by atoms with Crippen LogP contribution in [0, 0.1) is 5.82 Å². The number of amides is 2. The molecule has 2 atom stereocenters. The van der Waals surface area contributed by atoms with Gasteiger partial charge in [-0.2, -0.15) is 26.3 Å². The van der Waals surface area contributed by atoms with E-state index in [1.54, 1.807) is 12.1 Å². The van der Waals surface area contributed by atoms with E-state index in [1.165, 1.54) is 124 Å². The van der Waals surface area contributed by atoms with E-state index in [0.29, 0.717) is 11.1 Å². The van der Waals surface area contributed by atoms with Gasteiger partial charge in [-0.3, -0.25) is 9.59 Å². The molecule has 6 rings (SSSR count). The number of alkyl halides is 6. The minimum Gasteiger partial charge on any atom is -0.496 e. The van der Waals surface area contributed by atoms with Crippen molar-refractivity contribution in [2.75, 3.05) is 51.3 Å². The van der Waals surface area contributed by atoms with Crippen LogP contribution in [0.2, 0.25) is 5.02 Å². The number of anilines is 2. The number of carbonyl (C=O) groups is 2. The first kappa shape index (κ1) is 50.6. The molecule has 0 aromatic heterocycles. The third-order valence-corrected chi connectivity index (χ3v) is 11.9. The zero-order valence-electron chi connectivity index (χ0n) is 37.1. The normalized spacial score (nSPS) is 13.4. The van der Waals surface area contributed by atoms with E-state index >= 15 is 14.0 Å². The number of hydrogen-bond acceptors (Lipinski definition) is 8. The van der Waals surface area contributed by atoms with Gasteiger partial charge >= 0.3 is 12.4 Å². The number of ether oxygens (including phenoxy) is 4. The maximum Gasteiger partial charge on any atom is 0.416 e. The van der Waals surface area contributed by atoms with E-state index in [2.05, 4.69) is 0 Å². The summed E-state index contributed by atoms with van der Waals surface area (Å²) in [5.74, 6) is -3.07. The standard InChI is InChI=1S/C50H46ClF7N4O6/c1-65-41-11-7-5-9-37(41)47(59,45(63)61(35-21-23-43(67-3)39(51)29-35)27-25-31-13-17-33(18-14-31)49(53,54)55)48(60,38-10-6-8-12-42(38)66-2)46(64)62(36-22-24-44(68-4)40(52)30-36)28-26-32-15-19-34(20-16-32)50(56,57)58/h5-24,29-30H,25-28,59-60H2,1-4H3. The molecule has 0 fully saturated rings. The zero-order chi connectivity index (χ0) is 49.6. The van der Waals surface area contributed by atoms with Crippen LogP contribution in [-0.2, 0) is 45.9 Å². The number of nitrogens with two attached hydrogens (primary N) is 2. The maximum absolute atomic E-state index is 16.3. The van der Waals surface area contributed by atoms with Gasteiger partial charge in [0.25, 0.3) is 11.8 Å². The van der Waals surface area contributed by atoms with Gasteiger partial charge in [0.05, 0.1) is 44.6 Å². The van der Waals surface area contributed by atoms with Gasteiger partial charge < -0.3 is 40.2 Å². The predicted molar refractivity (Wildman–Crippen MR) is 244 cm³/mol. The van der Waals surface area contributed by atoms with Crippen LogP contribution in [0.15, 0.2) is 133 Å². The first-order valence-electron chi connectivity index (χ1n) is 20.7. The van der Waals surface area contributed by atoms with Crippen LogP contribution < -0.4 is 40.2 Å². The van der Waals surface area contributed by atoms with Crippen LogP contribution in [0.1, 0.15) is 33.4 Å². The highest BCUT2D eigenvalue weighted by atomic mass is 35.5. The molecule has 18 heteroatoms. The van der Waals surface area contributed by atoms with Crippen molar-refractivity contribution >= 4 is 34.8 Å². The van der Waals surface area contributed by atoms with E-state index in [9.17, 15) is 26.3 Å². The molecule has 6 aromatic carbocycles. The highest BCUT2D eigenvalue weighted by Gasteiger charge is 2.63. The smallest absolute Gasteiger partial charge is 0.416 e. The van der Waals surface area contributed by atoms with Crippen LogP contribution in [0.4, 0.5) is 42.1 Å². The Kier molecular flexibility index (Phi) is 15.3. The number of hydrogen-bond donors (Lipinski definition) is 2. The lowest BCUT2D eigenvalue weighted by Gasteiger charge is -2.48. The Morgan fingerprint density at radius 1 is 0.515 bits per heavy atom. The number of methoxy groups -OCH3 is 4. The van der Waals surface area contributed by atoms with Crippen molar-refractivity contribution in [3.05, 3.63) is 178 Å². The average Bonchev–Trinajstić information content (AvgIpc) is 3.33. The molecule has 6 aromatic rings. The van der Waals surface area contributed by atoms with Crippen molar-refractivity contribution < 1.29 is 59.3 Å². The number of para-hydroxylation sites is 2. The molecule has 0 spiro atoms. The van der Waals surface area contributed by atoms with Crippen LogP contribution >= 0.6 is 11.6 Å². The van der Waals surface area contributed by atoms with Crippen LogP contribution in [0.3, 0.4) is 0 Å². The van der Waals surface area contributed by atoms with Crippen molar-refractivity contribution in [1.82, 2.24) is 0 Å². The Morgan fingerprint density at radius 3 is 1.24 bits per heavy atom. The Morgan fingerprint density at radius 2 is 0.882 bits per heavy atom. The molecular formula is C50H46ClF7N4O6. The second-order valence-electron chi connectivity index (χ2n) is 15.5. The molecule has 2 unspecified atom stereocenters. The third-order valence-electron chi connectivity index (χ3n) is 11.6. The quantitative estimate of drug-likeness (QED) is 0.0865. The van der Waals surface area contributed by atoms with Crippen LogP contribution in [-0.4, -0.2) is 53.3 Å². The summed E-state index contributed by atoms with van der Waals surface area (Å²) in [7, 11) is 5.21. The van der Waals surface area contributed by atoms with E-state index in [4.69, 9.17) is 42.0 Å². The molecule has 0 aliphatic rings. The van der Waals surface area contributed by atoms with Crippen molar-refractivity contribution in [3.8, 4) is 23.0 Å². The second kappa shape index (κ2) is 20.6. The molecule has 0 aliphatic heterocycles. The number of halogens is 8. The molecule has 0 aliphatic carbocycles. The van der Waals surface area contributed by atoms with E-state index < -0.39 is 52.2 Å². The first-order valence-corrected chi connectivity index (χ1v) is 21.1. The second-order valence-corrected chi connectivity index (χ2v) is 15.9. The predicted octanol–water partition coefficient (Wildman–Crippen LogP) is 10.1. The number of rotatable bonds is 17. The van der Waals surface area contributed by atoms with Crippen molar-refractivity contribution in [1.29, 1.82) is 0 Å². The van der Waals surface area contributed by atoms with E-state index in [1.807, 2.05) is 0 Å². The summed E-state index contributed by atoms with van der Waals surface area (Å²) in [5.41, 5.74) is 8.45. The largest absolute Gasteiger partial charge is 0.496 e. The lowest BCUT2D eigenvalue weighted by Crippen LogP contribution is -2.74. The minimum atomic E-state index is -4.63.